The SMILES string of the molecule is CN.[Br-].[Br-].[I-].[Pb]. The maximum atomic E-state index is 4.50. The molecule has 0 aliphatic carbocycles. The average Bonchev–Trinajstić information content (AvgIpc) is 1.00. The molecule has 0 heterocycles. The van der Waals surface area contributed by atoms with Gasteiger partial charge in [0.1, 0.15) is 0 Å². The van der Waals surface area contributed by atoms with Gasteiger partial charge in [-0.2, -0.15) is 0 Å². The van der Waals surface area contributed by atoms with E-state index in [1.165, 1.54) is 7.05 Å². The van der Waals surface area contributed by atoms with Gasteiger partial charge in [0.15, 0.2) is 0 Å². The van der Waals surface area contributed by atoms with Crippen molar-refractivity contribution in [2.24, 2.45) is 5.73 Å². The molecule has 0 aliphatic heterocycles. The molecule has 0 fully saturated rings. The van der Waals surface area contributed by atoms with E-state index in [1.807, 2.05) is 0 Å². The third-order valence-electron chi connectivity index (χ3n) is 0. The molecule has 5 heteroatoms. The summed E-state index contributed by atoms with van der Waals surface area (Å²) in [4.78, 5) is 0. The van der Waals surface area contributed by atoms with E-state index in [-0.39, 0.29) is 85.2 Å². The smallest absolute Gasteiger partial charge is 0 e. The minimum Gasteiger partial charge on any atom is -1.00 e. The third-order valence-corrected chi connectivity index (χ3v) is 0. The molecule has 4 radical (unpaired) electrons. The van der Waals surface area contributed by atoms with Crippen LogP contribution >= 0.6 is 0 Å². The minimum absolute atomic E-state index is 0. The van der Waals surface area contributed by atoms with Crippen molar-refractivity contribution in [2.75, 3.05) is 7.05 Å². The van der Waals surface area contributed by atoms with Crippen molar-refractivity contribution in [1.29, 1.82) is 0 Å². The van der Waals surface area contributed by atoms with E-state index < -0.39 is 0 Å². The fraction of sp³-hybridized carbons (Fsp3) is 1.00. The van der Waals surface area contributed by atoms with Crippen molar-refractivity contribution in [3.63, 3.8) is 0 Å². The number of hydrogen-bond acceptors (Lipinski definition) is 1. The summed E-state index contributed by atoms with van der Waals surface area (Å²) in [5, 5.41) is 0. The van der Waals surface area contributed by atoms with Gasteiger partial charge in [0.2, 0.25) is 0 Å². The fourth-order valence-electron chi connectivity index (χ4n) is 0. The Morgan fingerprint density at radius 3 is 1.00 bits per heavy atom. The van der Waals surface area contributed by atoms with Gasteiger partial charge in [-0.3, -0.25) is 0 Å². The van der Waals surface area contributed by atoms with Gasteiger partial charge in [-0.25, -0.2) is 0 Å². The van der Waals surface area contributed by atoms with Crippen molar-refractivity contribution in [3.05, 3.63) is 0 Å². The van der Waals surface area contributed by atoms with Crippen LogP contribution in [0, 0.1) is 0 Å². The molecule has 0 aromatic heterocycles. The third kappa shape index (κ3) is 30.8. The van der Waals surface area contributed by atoms with E-state index in [2.05, 4.69) is 5.73 Å². The van der Waals surface area contributed by atoms with Gasteiger partial charge in [-0.1, -0.05) is 0 Å². The van der Waals surface area contributed by atoms with Crippen LogP contribution in [0.5, 0.6) is 0 Å². The van der Waals surface area contributed by atoms with Crippen LogP contribution in [0.15, 0.2) is 0 Å². The molecule has 42 valence electrons. The Kier molecular flexibility index (Phi) is 317. The second-order valence-corrected chi connectivity index (χ2v) is 0. The van der Waals surface area contributed by atoms with Gasteiger partial charge in [0, 0.05) is 27.3 Å². The monoisotopic (exact) mass is 524 g/mol. The fourth-order valence-corrected chi connectivity index (χ4v) is 0. The molecule has 0 aromatic carbocycles. The Morgan fingerprint density at radius 1 is 1.00 bits per heavy atom. The largest absolute Gasteiger partial charge is 1.00 e. The van der Waals surface area contributed by atoms with E-state index in [1.54, 1.807) is 0 Å². The summed E-state index contributed by atoms with van der Waals surface area (Å²) in [7, 11) is 1.50. The maximum absolute atomic E-state index is 4.50. The van der Waals surface area contributed by atoms with Gasteiger partial charge in [0.05, 0.1) is 0 Å². The Bertz CT molecular complexity index is 13.5. The first-order valence-corrected chi connectivity index (χ1v) is 0.577. The number of rotatable bonds is 0. The Morgan fingerprint density at radius 2 is 1.00 bits per heavy atom. The topological polar surface area (TPSA) is 26.0 Å². The van der Waals surface area contributed by atoms with E-state index in [0.29, 0.717) is 0 Å². The molecule has 0 bridgehead atoms. The van der Waals surface area contributed by atoms with Crippen molar-refractivity contribution in [3.8, 4) is 0 Å². The predicted molar refractivity (Wildman–Crippen MR) is 15.9 cm³/mol. The van der Waals surface area contributed by atoms with Crippen LogP contribution in [-0.2, 0) is 0 Å². The molecule has 0 spiro atoms. The molecule has 1 nitrogen and oxygen atoms in total. The van der Waals surface area contributed by atoms with Gasteiger partial charge >= 0.3 is 0 Å². The summed E-state index contributed by atoms with van der Waals surface area (Å²) in [5.41, 5.74) is 4.50. The molecule has 6 heavy (non-hydrogen) atoms. The molecule has 0 aliphatic rings. The average molecular weight is 525 g/mol. The molecular weight excluding hydrogens is 520 g/mol. The Labute approximate surface area is 96.5 Å². The summed E-state index contributed by atoms with van der Waals surface area (Å²) < 4.78 is 0. The summed E-state index contributed by atoms with van der Waals surface area (Å²) in [6, 6.07) is 0. The molecule has 0 saturated heterocycles. The van der Waals surface area contributed by atoms with Gasteiger partial charge < -0.3 is 63.7 Å². The van der Waals surface area contributed by atoms with Crippen LogP contribution < -0.4 is 63.7 Å². The zero-order valence-electron chi connectivity index (χ0n) is 3.21. The second kappa shape index (κ2) is 49.4. The summed E-state index contributed by atoms with van der Waals surface area (Å²) in [5.74, 6) is 0. The number of nitrogens with two attached hydrogens (primary N) is 1. The number of halogens is 3. The molecule has 2 N–H and O–H groups in total. The van der Waals surface area contributed by atoms with Crippen LogP contribution in [0.3, 0.4) is 0 Å². The van der Waals surface area contributed by atoms with Crippen molar-refractivity contribution >= 4 is 27.3 Å². The predicted octanol–water partition coefficient (Wildman–Crippen LogP) is -9.79. The minimum atomic E-state index is 0. The van der Waals surface area contributed by atoms with Gasteiger partial charge in [-0.05, 0) is 7.05 Å². The molecule has 0 aromatic rings. The first kappa shape index (κ1) is 38.5. The number of hydrogen-bond donors (Lipinski definition) is 1. The summed E-state index contributed by atoms with van der Waals surface area (Å²) >= 11 is 0. The van der Waals surface area contributed by atoms with E-state index in [4.69, 9.17) is 0 Å². The first-order valence-electron chi connectivity index (χ1n) is 0.577. The van der Waals surface area contributed by atoms with Crippen molar-refractivity contribution < 1.29 is 57.9 Å². The quantitative estimate of drug-likeness (QED) is 0.247. The Hall–Kier alpha value is 2.57. The molecule has 0 amide bonds. The van der Waals surface area contributed by atoms with E-state index in [9.17, 15) is 0 Å². The standard InChI is InChI=1S/CH5N.2BrH.HI.Pb/c1-2;;;;/h2H2,1H3;3*1H;/p-3. The zero-order chi connectivity index (χ0) is 2.00. The summed E-state index contributed by atoms with van der Waals surface area (Å²) in [6.07, 6.45) is 0. The molecular formula is CH5Br2INPb-3. The summed E-state index contributed by atoms with van der Waals surface area (Å²) in [6.45, 7) is 0. The normalized spacial score (nSPS) is 1.00. The second-order valence-electron chi connectivity index (χ2n) is 0. The van der Waals surface area contributed by atoms with Crippen LogP contribution in [0.1, 0.15) is 0 Å². The van der Waals surface area contributed by atoms with Gasteiger partial charge in [-0.15, -0.1) is 0 Å². The van der Waals surface area contributed by atoms with Crippen LogP contribution in [0.25, 0.3) is 0 Å². The van der Waals surface area contributed by atoms with Crippen LogP contribution in [0.4, 0.5) is 0 Å². The maximum Gasteiger partial charge on any atom is 0 e. The van der Waals surface area contributed by atoms with Crippen LogP contribution in [0.2, 0.25) is 0 Å². The van der Waals surface area contributed by atoms with Crippen molar-refractivity contribution in [2.45, 2.75) is 0 Å². The zero-order valence-corrected chi connectivity index (χ0v) is 12.4. The molecule has 0 unspecified atom stereocenters. The van der Waals surface area contributed by atoms with Crippen LogP contribution in [-0.4, -0.2) is 34.3 Å². The van der Waals surface area contributed by atoms with E-state index >= 15 is 0 Å². The molecule has 0 rings (SSSR count). The van der Waals surface area contributed by atoms with E-state index in [0.717, 1.165) is 0 Å². The first-order chi connectivity index (χ1) is 1.00. The van der Waals surface area contributed by atoms with Gasteiger partial charge in [0.25, 0.3) is 0 Å². The van der Waals surface area contributed by atoms with Crippen molar-refractivity contribution in [1.82, 2.24) is 0 Å². The Balaban J connectivity index is -0.000000000833. The molecule has 0 atom stereocenters. The molecule has 0 saturated carbocycles.